The van der Waals surface area contributed by atoms with E-state index in [1.54, 1.807) is 13.0 Å². The second-order valence-corrected chi connectivity index (χ2v) is 9.27. The Hall–Kier alpha value is -1.40. The Labute approximate surface area is 167 Å². The maximum atomic E-state index is 12.7. The zero-order valence-electron chi connectivity index (χ0n) is 17.9. The molecule has 158 valence electrons. The van der Waals surface area contributed by atoms with Gasteiger partial charge in [0.05, 0.1) is 0 Å². The van der Waals surface area contributed by atoms with Gasteiger partial charge in [-0.1, -0.05) is 26.8 Å². The quantitative estimate of drug-likeness (QED) is 0.570. The third-order valence-corrected chi connectivity index (χ3v) is 7.54. The van der Waals surface area contributed by atoms with Crippen LogP contribution < -0.4 is 0 Å². The van der Waals surface area contributed by atoms with Gasteiger partial charge in [-0.3, -0.25) is 0 Å². The molecule has 2 bridgehead atoms. The number of rotatable bonds is 5. The van der Waals surface area contributed by atoms with Gasteiger partial charge in [0.2, 0.25) is 0 Å². The molecule has 1 saturated carbocycles. The summed E-state index contributed by atoms with van der Waals surface area (Å²) in [6.07, 6.45) is 3.36. The molecule has 0 spiro atoms. The smallest absolute Gasteiger partial charge is 0.333 e. The van der Waals surface area contributed by atoms with Gasteiger partial charge in [-0.2, -0.15) is 0 Å². The molecule has 3 rings (SSSR count). The average molecular weight is 395 g/mol. The summed E-state index contributed by atoms with van der Waals surface area (Å²) in [6, 6.07) is 0. The molecule has 6 nitrogen and oxygen atoms in total. The van der Waals surface area contributed by atoms with E-state index in [0.717, 1.165) is 12.8 Å². The van der Waals surface area contributed by atoms with Gasteiger partial charge in [-0.05, 0) is 51.4 Å². The van der Waals surface area contributed by atoms with E-state index in [4.69, 9.17) is 14.2 Å². The van der Waals surface area contributed by atoms with Crippen LogP contribution in [0.15, 0.2) is 11.6 Å². The molecular weight excluding hydrogens is 360 g/mol. The fraction of sp³-hybridized carbons (Fsp3) is 0.818. The van der Waals surface area contributed by atoms with E-state index in [9.17, 15) is 14.7 Å². The van der Waals surface area contributed by atoms with Gasteiger partial charge in [0, 0.05) is 17.9 Å². The Morgan fingerprint density at radius 3 is 2.54 bits per heavy atom. The molecule has 3 fully saturated rings. The number of ether oxygens (including phenoxy) is 3. The van der Waals surface area contributed by atoms with Crippen molar-refractivity contribution < 1.29 is 28.9 Å². The summed E-state index contributed by atoms with van der Waals surface area (Å²) in [5.41, 5.74) is -0.766. The van der Waals surface area contributed by atoms with Crippen LogP contribution in [0.2, 0.25) is 0 Å². The molecule has 0 aromatic heterocycles. The number of carbonyl (C=O) groups excluding carboxylic acids is 2. The number of hydrogen-bond donors (Lipinski definition) is 1. The molecule has 28 heavy (non-hydrogen) atoms. The van der Waals surface area contributed by atoms with E-state index in [2.05, 4.69) is 20.8 Å². The molecule has 7 atom stereocenters. The van der Waals surface area contributed by atoms with E-state index in [1.165, 1.54) is 0 Å². The molecule has 2 heterocycles. The van der Waals surface area contributed by atoms with Gasteiger partial charge in [0.1, 0.15) is 30.0 Å². The van der Waals surface area contributed by atoms with Crippen molar-refractivity contribution in [1.29, 1.82) is 0 Å². The first-order valence-corrected chi connectivity index (χ1v) is 10.4. The van der Waals surface area contributed by atoms with Crippen LogP contribution >= 0.6 is 0 Å². The minimum atomic E-state index is -0.710. The van der Waals surface area contributed by atoms with Crippen LogP contribution in [0.25, 0.3) is 0 Å². The van der Waals surface area contributed by atoms with Crippen molar-refractivity contribution in [2.24, 2.45) is 23.7 Å². The highest BCUT2D eigenvalue weighted by molar-refractivity contribution is 5.87. The molecule has 0 aromatic carbocycles. The fourth-order valence-corrected chi connectivity index (χ4v) is 5.77. The van der Waals surface area contributed by atoms with Crippen molar-refractivity contribution in [3.05, 3.63) is 11.6 Å². The van der Waals surface area contributed by atoms with Gasteiger partial charge in [-0.15, -0.1) is 0 Å². The van der Waals surface area contributed by atoms with Crippen molar-refractivity contribution in [3.63, 3.8) is 0 Å². The van der Waals surface area contributed by atoms with Crippen molar-refractivity contribution >= 4 is 11.9 Å². The van der Waals surface area contributed by atoms with Gasteiger partial charge in [0.15, 0.2) is 0 Å². The summed E-state index contributed by atoms with van der Waals surface area (Å²) >= 11 is 0. The van der Waals surface area contributed by atoms with Gasteiger partial charge in [-0.25, -0.2) is 9.59 Å². The van der Waals surface area contributed by atoms with Crippen molar-refractivity contribution in [2.75, 3.05) is 6.61 Å². The number of hydrogen-bond acceptors (Lipinski definition) is 6. The van der Waals surface area contributed by atoms with Crippen LogP contribution in [-0.2, 0) is 23.8 Å². The molecule has 2 aliphatic heterocycles. The lowest BCUT2D eigenvalue weighted by Crippen LogP contribution is -2.62. The SMILES string of the molecule is C/C=C(/C)C(=O)O[C@H]1[C@@H]2[C@H](C)CC[C@H]2[C@]2(C)OC1(C(C)C)C[C@H]2OC(=O)CO. The predicted octanol–water partition coefficient (Wildman–Crippen LogP) is 3.02. The van der Waals surface area contributed by atoms with Crippen molar-refractivity contribution in [2.45, 2.75) is 84.2 Å². The molecule has 1 N–H and O–H groups in total. The van der Waals surface area contributed by atoms with Crippen LogP contribution in [-0.4, -0.2) is 47.1 Å². The van der Waals surface area contributed by atoms with E-state index in [-0.39, 0.29) is 29.8 Å². The molecule has 0 radical (unpaired) electrons. The molecule has 1 aliphatic carbocycles. The summed E-state index contributed by atoms with van der Waals surface area (Å²) in [5.74, 6) is -0.190. The standard InChI is InChI=1S/C22H34O6/c1-7-13(4)20(25)27-19-18-14(5)8-9-15(18)21(6)16(26-17(24)11-23)10-22(19,28-21)12(2)3/h7,12,14-16,18-19,23H,8-11H2,1-6H3/b13-7-/t14-,15-,16-,18-,19+,21+,22?/m1/s1. The monoisotopic (exact) mass is 394 g/mol. The van der Waals surface area contributed by atoms with Crippen LogP contribution in [0, 0.1) is 23.7 Å². The number of fused-ring (bicyclic) bond motifs is 4. The number of carbonyl (C=O) groups is 2. The minimum absolute atomic E-state index is 0.0714. The maximum absolute atomic E-state index is 12.7. The largest absolute Gasteiger partial charge is 0.457 e. The van der Waals surface area contributed by atoms with E-state index in [1.807, 2.05) is 13.8 Å². The lowest BCUT2D eigenvalue weighted by molar-refractivity contribution is -0.265. The lowest BCUT2D eigenvalue weighted by Gasteiger charge is -2.53. The number of esters is 2. The van der Waals surface area contributed by atoms with Crippen molar-refractivity contribution in [3.8, 4) is 0 Å². The second kappa shape index (κ2) is 7.45. The summed E-state index contributed by atoms with van der Waals surface area (Å²) in [5, 5.41) is 9.19. The van der Waals surface area contributed by atoms with Crippen LogP contribution in [0.5, 0.6) is 0 Å². The molecule has 0 aromatic rings. The van der Waals surface area contributed by atoms with E-state index < -0.39 is 29.9 Å². The van der Waals surface area contributed by atoms with E-state index in [0.29, 0.717) is 17.9 Å². The third kappa shape index (κ3) is 3.09. The molecule has 0 amide bonds. The maximum Gasteiger partial charge on any atom is 0.333 e. The Kier molecular flexibility index (Phi) is 5.67. The summed E-state index contributed by atoms with van der Waals surface area (Å²) in [6.45, 7) is 11.3. The van der Waals surface area contributed by atoms with Crippen LogP contribution in [0.1, 0.15) is 60.8 Å². The third-order valence-electron chi connectivity index (χ3n) is 7.54. The highest BCUT2D eigenvalue weighted by atomic mass is 16.6. The van der Waals surface area contributed by atoms with Crippen molar-refractivity contribution in [1.82, 2.24) is 0 Å². The zero-order valence-corrected chi connectivity index (χ0v) is 17.9. The van der Waals surface area contributed by atoms with Gasteiger partial charge < -0.3 is 19.3 Å². The second-order valence-electron chi connectivity index (χ2n) is 9.27. The average Bonchev–Trinajstić information content (AvgIpc) is 3.16. The first kappa shape index (κ1) is 21.3. The van der Waals surface area contributed by atoms with Gasteiger partial charge >= 0.3 is 11.9 Å². The topological polar surface area (TPSA) is 82.1 Å². The molecule has 2 saturated heterocycles. The van der Waals surface area contributed by atoms with Gasteiger partial charge in [0.25, 0.3) is 0 Å². The number of allylic oxidation sites excluding steroid dienone is 1. The molecule has 6 heteroatoms. The zero-order chi connectivity index (χ0) is 20.9. The predicted molar refractivity (Wildman–Crippen MR) is 103 cm³/mol. The Morgan fingerprint density at radius 1 is 1.29 bits per heavy atom. The van der Waals surface area contributed by atoms with Crippen LogP contribution in [0.3, 0.4) is 0 Å². The number of aliphatic hydroxyl groups excluding tert-OH is 1. The fourth-order valence-electron chi connectivity index (χ4n) is 5.77. The number of aliphatic hydroxyl groups is 1. The highest BCUT2D eigenvalue weighted by Gasteiger charge is 2.72. The lowest BCUT2D eigenvalue weighted by atomic mass is 9.69. The summed E-state index contributed by atoms with van der Waals surface area (Å²) < 4.78 is 18.5. The van der Waals surface area contributed by atoms with E-state index >= 15 is 0 Å². The molecular formula is C22H34O6. The normalized spacial score (nSPS) is 42.4. The highest BCUT2D eigenvalue weighted by Crippen LogP contribution is 2.63. The molecule has 3 aliphatic rings. The first-order chi connectivity index (χ1) is 13.1. The minimum Gasteiger partial charge on any atom is -0.457 e. The van der Waals surface area contributed by atoms with Crippen LogP contribution in [0.4, 0.5) is 0 Å². The summed E-state index contributed by atoms with van der Waals surface area (Å²) in [4.78, 5) is 24.6. The molecule has 1 unspecified atom stereocenters. The summed E-state index contributed by atoms with van der Waals surface area (Å²) in [7, 11) is 0. The Morgan fingerprint density at radius 2 is 1.96 bits per heavy atom. The Bertz CT molecular complexity index is 670. The Balaban J connectivity index is 2.04. The first-order valence-electron chi connectivity index (χ1n) is 10.4.